The van der Waals surface area contributed by atoms with Crippen molar-refractivity contribution in [1.29, 1.82) is 0 Å². The fraction of sp³-hybridized carbons (Fsp3) is 0.278. The summed E-state index contributed by atoms with van der Waals surface area (Å²) in [6, 6.07) is 15.9. The van der Waals surface area contributed by atoms with E-state index in [1.165, 1.54) is 22.3 Å². The number of aliphatic hydroxyl groups is 1. The molecular weight excluding hydrogens is 292 g/mol. The number of nitrogens with two attached hydrogens (primary N) is 1. The van der Waals surface area contributed by atoms with Crippen LogP contribution in [0.4, 0.5) is 4.79 Å². The van der Waals surface area contributed by atoms with Gasteiger partial charge in [0.1, 0.15) is 6.61 Å². The summed E-state index contributed by atoms with van der Waals surface area (Å²) in [6.45, 7) is 0.283. The molecule has 3 rings (SSSR count). The number of benzene rings is 2. The quantitative estimate of drug-likeness (QED) is 0.786. The fourth-order valence-corrected chi connectivity index (χ4v) is 2.93. The molecule has 0 aliphatic heterocycles. The van der Waals surface area contributed by atoms with Crippen LogP contribution in [-0.4, -0.2) is 37.0 Å². The second kappa shape index (κ2) is 6.81. The number of alkyl carbamates (subject to hydrolysis) is 1. The van der Waals surface area contributed by atoms with Crippen LogP contribution >= 0.6 is 0 Å². The van der Waals surface area contributed by atoms with Gasteiger partial charge in [0.15, 0.2) is 0 Å². The largest absolute Gasteiger partial charge is 0.449 e. The Hall–Kier alpha value is -2.37. The van der Waals surface area contributed by atoms with Crippen molar-refractivity contribution in [2.45, 2.75) is 12.0 Å². The molecule has 0 saturated heterocycles. The Bertz CT molecular complexity index is 657. The topological polar surface area (TPSA) is 84.6 Å². The number of hydrogen-bond acceptors (Lipinski definition) is 4. The third kappa shape index (κ3) is 3.21. The van der Waals surface area contributed by atoms with Gasteiger partial charge in [0.25, 0.3) is 0 Å². The number of amides is 1. The smallest absolute Gasteiger partial charge is 0.407 e. The van der Waals surface area contributed by atoms with Crippen molar-refractivity contribution in [1.82, 2.24) is 5.32 Å². The Labute approximate surface area is 135 Å². The van der Waals surface area contributed by atoms with Crippen molar-refractivity contribution in [3.8, 4) is 11.1 Å². The van der Waals surface area contributed by atoms with Crippen molar-refractivity contribution in [3.05, 3.63) is 59.7 Å². The zero-order valence-electron chi connectivity index (χ0n) is 12.7. The molecule has 2 aromatic rings. The minimum absolute atomic E-state index is 0.0414. The lowest BCUT2D eigenvalue weighted by atomic mass is 9.98. The molecule has 0 radical (unpaired) electrons. The van der Waals surface area contributed by atoms with Crippen LogP contribution in [0.1, 0.15) is 17.0 Å². The Morgan fingerprint density at radius 3 is 2.26 bits per heavy atom. The van der Waals surface area contributed by atoms with E-state index in [0.29, 0.717) is 0 Å². The Balaban J connectivity index is 1.70. The standard InChI is InChI=1S/C18H20N2O3/c19-12(10-21)9-20-18(22)23-11-17-15-7-3-1-5-13(15)14-6-2-4-8-16(14)17/h1-8,12,17,21H,9-11,19H2,(H,20,22)/t12-/m0/s1. The van der Waals surface area contributed by atoms with E-state index in [2.05, 4.69) is 29.6 Å². The molecule has 5 nitrogen and oxygen atoms in total. The monoisotopic (exact) mass is 312 g/mol. The summed E-state index contributed by atoms with van der Waals surface area (Å²) in [4.78, 5) is 11.8. The molecule has 0 bridgehead atoms. The van der Waals surface area contributed by atoms with Crippen LogP contribution in [0.3, 0.4) is 0 Å². The maximum Gasteiger partial charge on any atom is 0.407 e. The van der Waals surface area contributed by atoms with Crippen LogP contribution in [0.15, 0.2) is 48.5 Å². The SMILES string of the molecule is N[C@H](CO)CNC(=O)OCC1c2ccccc2-c2ccccc21. The summed E-state index contributed by atoms with van der Waals surface area (Å²) >= 11 is 0. The summed E-state index contributed by atoms with van der Waals surface area (Å²) in [5.41, 5.74) is 10.3. The molecule has 1 amide bonds. The third-order valence-electron chi connectivity index (χ3n) is 4.09. The first-order chi connectivity index (χ1) is 11.2. The second-order valence-electron chi connectivity index (χ2n) is 5.65. The molecule has 0 spiro atoms. The highest BCUT2D eigenvalue weighted by molar-refractivity contribution is 5.79. The summed E-state index contributed by atoms with van der Waals surface area (Å²) < 4.78 is 5.35. The van der Waals surface area contributed by atoms with E-state index in [4.69, 9.17) is 15.6 Å². The molecule has 0 heterocycles. The van der Waals surface area contributed by atoms with Crippen LogP contribution in [0.2, 0.25) is 0 Å². The van der Waals surface area contributed by atoms with Gasteiger partial charge in [-0.15, -0.1) is 0 Å². The van der Waals surface area contributed by atoms with Gasteiger partial charge in [-0.05, 0) is 22.3 Å². The van der Waals surface area contributed by atoms with Gasteiger partial charge in [-0.25, -0.2) is 4.79 Å². The maximum absolute atomic E-state index is 11.8. The number of aliphatic hydroxyl groups excluding tert-OH is 1. The molecule has 23 heavy (non-hydrogen) atoms. The summed E-state index contributed by atoms with van der Waals surface area (Å²) in [5.74, 6) is 0.0414. The molecule has 1 atom stereocenters. The molecule has 2 aromatic carbocycles. The highest BCUT2D eigenvalue weighted by Crippen LogP contribution is 2.44. The molecule has 5 heteroatoms. The van der Waals surface area contributed by atoms with Crippen LogP contribution in [0.25, 0.3) is 11.1 Å². The summed E-state index contributed by atoms with van der Waals surface area (Å²) in [6.07, 6.45) is -0.518. The van der Waals surface area contributed by atoms with Crippen molar-refractivity contribution in [3.63, 3.8) is 0 Å². The van der Waals surface area contributed by atoms with Crippen molar-refractivity contribution in [2.75, 3.05) is 19.8 Å². The lowest BCUT2D eigenvalue weighted by Gasteiger charge is -2.15. The molecule has 120 valence electrons. The molecule has 0 saturated carbocycles. The van der Waals surface area contributed by atoms with E-state index < -0.39 is 12.1 Å². The van der Waals surface area contributed by atoms with E-state index in [-0.39, 0.29) is 25.7 Å². The Morgan fingerprint density at radius 1 is 1.13 bits per heavy atom. The van der Waals surface area contributed by atoms with Gasteiger partial charge in [-0.1, -0.05) is 48.5 Å². The van der Waals surface area contributed by atoms with Crippen LogP contribution in [-0.2, 0) is 4.74 Å². The number of hydrogen-bond donors (Lipinski definition) is 3. The van der Waals surface area contributed by atoms with Gasteiger partial charge in [0.2, 0.25) is 0 Å². The molecule has 4 N–H and O–H groups in total. The molecule has 1 aliphatic rings. The van der Waals surface area contributed by atoms with E-state index in [0.717, 1.165) is 0 Å². The van der Waals surface area contributed by atoms with Gasteiger partial charge >= 0.3 is 6.09 Å². The van der Waals surface area contributed by atoms with Gasteiger partial charge in [0, 0.05) is 18.5 Å². The summed E-state index contributed by atoms with van der Waals surface area (Å²) in [5, 5.41) is 11.4. The number of carbonyl (C=O) groups is 1. The average molecular weight is 312 g/mol. The Kier molecular flexibility index (Phi) is 4.60. The minimum Gasteiger partial charge on any atom is -0.449 e. The third-order valence-corrected chi connectivity index (χ3v) is 4.09. The van der Waals surface area contributed by atoms with Crippen molar-refractivity contribution >= 4 is 6.09 Å². The molecular formula is C18H20N2O3. The van der Waals surface area contributed by atoms with E-state index in [1.807, 2.05) is 24.3 Å². The number of fused-ring (bicyclic) bond motifs is 3. The highest BCUT2D eigenvalue weighted by atomic mass is 16.5. The van der Waals surface area contributed by atoms with Gasteiger partial charge in [-0.3, -0.25) is 0 Å². The zero-order chi connectivity index (χ0) is 16.2. The van der Waals surface area contributed by atoms with Crippen LogP contribution in [0.5, 0.6) is 0 Å². The van der Waals surface area contributed by atoms with E-state index in [1.54, 1.807) is 0 Å². The maximum atomic E-state index is 11.8. The van der Waals surface area contributed by atoms with Crippen molar-refractivity contribution < 1.29 is 14.6 Å². The first kappa shape index (κ1) is 15.5. The second-order valence-corrected chi connectivity index (χ2v) is 5.65. The van der Waals surface area contributed by atoms with E-state index >= 15 is 0 Å². The molecule has 1 aliphatic carbocycles. The van der Waals surface area contributed by atoms with Gasteiger partial charge < -0.3 is 20.9 Å². The normalized spacial score (nSPS) is 14.0. The molecule has 0 fully saturated rings. The highest BCUT2D eigenvalue weighted by Gasteiger charge is 2.28. The van der Waals surface area contributed by atoms with Crippen molar-refractivity contribution in [2.24, 2.45) is 5.73 Å². The first-order valence-corrected chi connectivity index (χ1v) is 7.66. The number of ether oxygens (including phenoxy) is 1. The first-order valence-electron chi connectivity index (χ1n) is 7.66. The number of carbonyl (C=O) groups excluding carboxylic acids is 1. The predicted octanol–water partition coefficient (Wildman–Crippen LogP) is 1.84. The van der Waals surface area contributed by atoms with Gasteiger partial charge in [-0.2, -0.15) is 0 Å². The molecule has 0 unspecified atom stereocenters. The zero-order valence-corrected chi connectivity index (χ0v) is 12.7. The Morgan fingerprint density at radius 2 is 1.70 bits per heavy atom. The number of rotatable bonds is 5. The lowest BCUT2D eigenvalue weighted by Crippen LogP contribution is -2.39. The van der Waals surface area contributed by atoms with Crippen LogP contribution < -0.4 is 11.1 Å². The summed E-state index contributed by atoms with van der Waals surface area (Å²) in [7, 11) is 0. The van der Waals surface area contributed by atoms with Crippen LogP contribution in [0, 0.1) is 0 Å². The molecule has 0 aromatic heterocycles. The lowest BCUT2D eigenvalue weighted by molar-refractivity contribution is 0.141. The van der Waals surface area contributed by atoms with E-state index in [9.17, 15) is 4.79 Å². The fourth-order valence-electron chi connectivity index (χ4n) is 2.93. The average Bonchev–Trinajstić information content (AvgIpc) is 2.92. The minimum atomic E-state index is -0.518. The van der Waals surface area contributed by atoms with Gasteiger partial charge in [0.05, 0.1) is 6.61 Å². The number of nitrogens with one attached hydrogen (secondary N) is 1. The predicted molar refractivity (Wildman–Crippen MR) is 88.1 cm³/mol.